The lowest BCUT2D eigenvalue weighted by Crippen LogP contribution is -2.40. The van der Waals surface area contributed by atoms with Gasteiger partial charge < -0.3 is 19.7 Å². The van der Waals surface area contributed by atoms with Crippen molar-refractivity contribution in [1.29, 1.82) is 0 Å². The molecule has 3 rings (SSSR count). The molecule has 120 valence electrons. The van der Waals surface area contributed by atoms with Gasteiger partial charge in [0.2, 0.25) is 0 Å². The molecule has 0 saturated carbocycles. The van der Waals surface area contributed by atoms with E-state index in [4.69, 9.17) is 21.1 Å². The number of halogens is 1. The van der Waals surface area contributed by atoms with Crippen molar-refractivity contribution in [2.75, 3.05) is 44.8 Å². The summed E-state index contributed by atoms with van der Waals surface area (Å²) in [6.07, 6.45) is 3.94. The van der Waals surface area contributed by atoms with Gasteiger partial charge in [0.15, 0.2) is 0 Å². The van der Waals surface area contributed by atoms with Crippen LogP contribution in [0.5, 0.6) is 0 Å². The lowest BCUT2D eigenvalue weighted by molar-refractivity contribution is 0.0302. The second kappa shape index (κ2) is 7.26. The van der Waals surface area contributed by atoms with E-state index in [0.717, 1.165) is 19.4 Å². The summed E-state index contributed by atoms with van der Waals surface area (Å²) in [5.41, 5.74) is 0.509. The highest BCUT2D eigenvalue weighted by molar-refractivity contribution is 6.33. The van der Waals surface area contributed by atoms with E-state index in [-0.39, 0.29) is 12.0 Å². The molecule has 1 amide bonds. The number of hydrogen-bond acceptors (Lipinski definition) is 5. The zero-order chi connectivity index (χ0) is 15.4. The monoisotopic (exact) mass is 325 g/mol. The van der Waals surface area contributed by atoms with Crippen LogP contribution in [-0.2, 0) is 9.47 Å². The predicted octanol–water partition coefficient (Wildman–Crippen LogP) is 1.80. The van der Waals surface area contributed by atoms with E-state index in [1.54, 1.807) is 17.2 Å². The van der Waals surface area contributed by atoms with Crippen LogP contribution in [0.3, 0.4) is 0 Å². The fourth-order valence-corrected chi connectivity index (χ4v) is 2.88. The van der Waals surface area contributed by atoms with Crippen molar-refractivity contribution in [3.05, 3.63) is 22.8 Å². The number of nitrogens with one attached hydrogen (secondary N) is 1. The Balaban J connectivity index is 1.61. The molecule has 2 aliphatic heterocycles. The molecule has 2 aliphatic rings. The average molecular weight is 326 g/mol. The lowest BCUT2D eigenvalue weighted by Gasteiger charge is -2.26. The van der Waals surface area contributed by atoms with Crippen LogP contribution in [-0.4, -0.2) is 61.3 Å². The van der Waals surface area contributed by atoms with Crippen LogP contribution in [0.1, 0.15) is 23.2 Å². The number of rotatable bonds is 4. The quantitative estimate of drug-likeness (QED) is 0.914. The van der Waals surface area contributed by atoms with Crippen LogP contribution in [0.15, 0.2) is 12.3 Å². The Kier molecular flexibility index (Phi) is 5.12. The van der Waals surface area contributed by atoms with E-state index in [9.17, 15) is 4.79 Å². The number of anilines is 1. The first-order chi connectivity index (χ1) is 10.7. The molecule has 0 unspecified atom stereocenters. The number of amides is 1. The van der Waals surface area contributed by atoms with Crippen LogP contribution >= 0.6 is 11.6 Å². The van der Waals surface area contributed by atoms with Gasteiger partial charge in [-0.2, -0.15) is 0 Å². The van der Waals surface area contributed by atoms with Crippen LogP contribution in [0.2, 0.25) is 5.02 Å². The zero-order valence-corrected chi connectivity index (χ0v) is 13.1. The molecule has 1 atom stereocenters. The molecule has 0 radical (unpaired) electrons. The number of pyridine rings is 1. The fourth-order valence-electron chi connectivity index (χ4n) is 2.65. The largest absolute Gasteiger partial charge is 0.378 e. The molecule has 6 nitrogen and oxygen atoms in total. The molecule has 0 aromatic carbocycles. The van der Waals surface area contributed by atoms with Crippen molar-refractivity contribution in [2.45, 2.75) is 18.9 Å². The SMILES string of the molecule is O=C(c1cnc(NC[C@H]2CCCO2)c(Cl)c1)N1CCOCC1. The zero-order valence-electron chi connectivity index (χ0n) is 12.4. The number of ether oxygens (including phenoxy) is 2. The Morgan fingerprint density at radius 1 is 1.41 bits per heavy atom. The van der Waals surface area contributed by atoms with E-state index in [2.05, 4.69) is 10.3 Å². The molecule has 1 N–H and O–H groups in total. The van der Waals surface area contributed by atoms with E-state index in [0.29, 0.717) is 49.3 Å². The first-order valence-electron chi connectivity index (χ1n) is 7.62. The summed E-state index contributed by atoms with van der Waals surface area (Å²) >= 11 is 6.24. The second-order valence-corrected chi connectivity index (χ2v) is 5.88. The normalized spacial score (nSPS) is 21.9. The number of nitrogens with zero attached hydrogens (tertiary/aromatic N) is 2. The van der Waals surface area contributed by atoms with Crippen molar-refractivity contribution in [1.82, 2.24) is 9.88 Å². The number of carbonyl (C=O) groups excluding carboxylic acids is 1. The molecule has 3 heterocycles. The number of morpholine rings is 1. The smallest absolute Gasteiger partial charge is 0.255 e. The minimum atomic E-state index is -0.0524. The van der Waals surface area contributed by atoms with Gasteiger partial charge in [0.1, 0.15) is 5.82 Å². The Morgan fingerprint density at radius 3 is 2.91 bits per heavy atom. The lowest BCUT2D eigenvalue weighted by atomic mass is 10.2. The van der Waals surface area contributed by atoms with Gasteiger partial charge >= 0.3 is 0 Å². The van der Waals surface area contributed by atoms with E-state index >= 15 is 0 Å². The second-order valence-electron chi connectivity index (χ2n) is 5.47. The van der Waals surface area contributed by atoms with Gasteiger partial charge in [0.25, 0.3) is 5.91 Å². The molecule has 22 heavy (non-hydrogen) atoms. The molecule has 2 fully saturated rings. The van der Waals surface area contributed by atoms with Crippen molar-refractivity contribution in [2.24, 2.45) is 0 Å². The minimum absolute atomic E-state index is 0.0524. The van der Waals surface area contributed by atoms with Gasteiger partial charge in [0.05, 0.1) is 29.9 Å². The molecule has 7 heteroatoms. The Hall–Kier alpha value is -1.37. The third-order valence-electron chi connectivity index (χ3n) is 3.91. The van der Waals surface area contributed by atoms with Gasteiger partial charge in [-0.1, -0.05) is 11.6 Å². The van der Waals surface area contributed by atoms with E-state index in [1.807, 2.05) is 0 Å². The third-order valence-corrected chi connectivity index (χ3v) is 4.20. The first kappa shape index (κ1) is 15.5. The maximum Gasteiger partial charge on any atom is 0.255 e. The van der Waals surface area contributed by atoms with Crippen LogP contribution in [0.25, 0.3) is 0 Å². The standard InChI is InChI=1S/C15H20ClN3O3/c16-13-8-11(15(20)19-3-6-21-7-4-19)9-17-14(13)18-10-12-2-1-5-22-12/h8-9,12H,1-7,10H2,(H,17,18)/t12-/m1/s1. The summed E-state index contributed by atoms with van der Waals surface area (Å²) in [5.74, 6) is 0.541. The van der Waals surface area contributed by atoms with Crippen LogP contribution in [0, 0.1) is 0 Å². The molecular formula is C15H20ClN3O3. The minimum Gasteiger partial charge on any atom is -0.378 e. The van der Waals surface area contributed by atoms with Gasteiger partial charge in [-0.15, -0.1) is 0 Å². The summed E-state index contributed by atoms with van der Waals surface area (Å²) in [4.78, 5) is 18.4. The summed E-state index contributed by atoms with van der Waals surface area (Å²) < 4.78 is 10.8. The Morgan fingerprint density at radius 2 is 2.23 bits per heavy atom. The summed E-state index contributed by atoms with van der Waals surface area (Å²) in [5, 5.41) is 3.64. The van der Waals surface area contributed by atoms with E-state index in [1.165, 1.54) is 0 Å². The van der Waals surface area contributed by atoms with Gasteiger partial charge in [0, 0.05) is 32.4 Å². The summed E-state index contributed by atoms with van der Waals surface area (Å²) in [6, 6.07) is 1.67. The highest BCUT2D eigenvalue weighted by Crippen LogP contribution is 2.22. The maximum atomic E-state index is 12.4. The predicted molar refractivity (Wildman–Crippen MR) is 83.4 cm³/mol. The fraction of sp³-hybridized carbons (Fsp3) is 0.600. The number of carbonyl (C=O) groups is 1. The third kappa shape index (κ3) is 3.69. The first-order valence-corrected chi connectivity index (χ1v) is 8.00. The van der Waals surface area contributed by atoms with Crippen LogP contribution in [0.4, 0.5) is 5.82 Å². The average Bonchev–Trinajstić information content (AvgIpc) is 3.07. The summed E-state index contributed by atoms with van der Waals surface area (Å²) in [6.45, 7) is 3.87. The van der Waals surface area contributed by atoms with Gasteiger partial charge in [-0.3, -0.25) is 4.79 Å². The van der Waals surface area contributed by atoms with Gasteiger partial charge in [-0.25, -0.2) is 4.98 Å². The Bertz CT molecular complexity index is 529. The molecular weight excluding hydrogens is 306 g/mol. The van der Waals surface area contributed by atoms with Gasteiger partial charge in [-0.05, 0) is 18.9 Å². The number of aromatic nitrogens is 1. The van der Waals surface area contributed by atoms with Crippen molar-refractivity contribution >= 4 is 23.3 Å². The van der Waals surface area contributed by atoms with Crippen molar-refractivity contribution in [3.8, 4) is 0 Å². The topological polar surface area (TPSA) is 63.7 Å². The molecule has 0 aliphatic carbocycles. The molecule has 0 spiro atoms. The Labute approximate surface area is 134 Å². The molecule has 2 saturated heterocycles. The van der Waals surface area contributed by atoms with Crippen molar-refractivity contribution < 1.29 is 14.3 Å². The molecule has 1 aromatic heterocycles. The van der Waals surface area contributed by atoms with Crippen molar-refractivity contribution in [3.63, 3.8) is 0 Å². The van der Waals surface area contributed by atoms with E-state index < -0.39 is 0 Å². The molecule has 1 aromatic rings. The highest BCUT2D eigenvalue weighted by atomic mass is 35.5. The molecule has 0 bridgehead atoms. The highest BCUT2D eigenvalue weighted by Gasteiger charge is 2.20. The number of hydrogen-bond donors (Lipinski definition) is 1. The maximum absolute atomic E-state index is 12.4. The van der Waals surface area contributed by atoms with Crippen LogP contribution < -0.4 is 5.32 Å². The summed E-state index contributed by atoms with van der Waals surface area (Å²) in [7, 11) is 0.